The average Bonchev–Trinajstić information content (AvgIpc) is 3.08. The maximum absolute atomic E-state index is 11.8. The van der Waals surface area contributed by atoms with Crippen LogP contribution in [0.25, 0.3) is 0 Å². The summed E-state index contributed by atoms with van der Waals surface area (Å²) in [5.74, 6) is -4.53. The minimum atomic E-state index is -1.55. The number of carbonyl (C=O) groups excluding carboxylic acids is 2. The molecule has 1 aromatic heterocycles. The molecule has 0 bridgehead atoms. The molecule has 13 nitrogen and oxygen atoms in total. The van der Waals surface area contributed by atoms with Crippen LogP contribution in [0, 0.1) is 21.2 Å². The Morgan fingerprint density at radius 3 is 2.50 bits per heavy atom. The number of oxime groups is 1. The molecule has 0 aromatic carbocycles. The Labute approximate surface area is 120 Å². The van der Waals surface area contributed by atoms with Crippen molar-refractivity contribution in [1.29, 1.82) is 0 Å². The van der Waals surface area contributed by atoms with Crippen LogP contribution >= 0.6 is 0 Å². The number of esters is 2. The van der Waals surface area contributed by atoms with Gasteiger partial charge >= 0.3 is 17.8 Å². The molecule has 0 N–H and O–H groups in total. The SMILES string of the molecule is COC(=O)[C@@H]1C(c2c([N+](=O)[O-])no[n+]2[O-])=NO[C@H]1C(=O)OC. The number of ether oxygens (including phenoxy) is 2. The number of nitrogens with zero attached hydrogens (tertiary/aromatic N) is 4. The summed E-state index contributed by atoms with van der Waals surface area (Å²) in [5, 5.41) is 28.7. The van der Waals surface area contributed by atoms with Crippen molar-refractivity contribution in [2.24, 2.45) is 11.1 Å². The number of hydrogen-bond donors (Lipinski definition) is 0. The molecule has 0 fully saturated rings. The van der Waals surface area contributed by atoms with E-state index in [-0.39, 0.29) is 4.90 Å². The maximum Gasteiger partial charge on any atom is 0.442 e. The van der Waals surface area contributed by atoms with Crippen molar-refractivity contribution in [1.82, 2.24) is 5.16 Å². The fourth-order valence-corrected chi connectivity index (χ4v) is 1.79. The highest BCUT2D eigenvalue weighted by molar-refractivity contribution is 6.14. The quantitative estimate of drug-likeness (QED) is 0.269. The molecule has 0 amide bonds. The summed E-state index contributed by atoms with van der Waals surface area (Å²) in [6.45, 7) is 0. The lowest BCUT2D eigenvalue weighted by atomic mass is 9.95. The van der Waals surface area contributed by atoms with E-state index in [1.807, 2.05) is 0 Å². The monoisotopic (exact) mass is 316 g/mol. The molecule has 0 radical (unpaired) electrons. The van der Waals surface area contributed by atoms with Crippen LogP contribution in [0.1, 0.15) is 5.69 Å². The predicted molar refractivity (Wildman–Crippen MR) is 61.0 cm³/mol. The Balaban J connectivity index is 2.50. The van der Waals surface area contributed by atoms with E-state index in [9.17, 15) is 24.9 Å². The molecule has 2 atom stereocenters. The highest BCUT2D eigenvalue weighted by Crippen LogP contribution is 2.27. The highest BCUT2D eigenvalue weighted by Gasteiger charge is 2.51. The van der Waals surface area contributed by atoms with Gasteiger partial charge in [0.2, 0.25) is 6.10 Å². The molecular weight excluding hydrogens is 308 g/mol. The van der Waals surface area contributed by atoms with Crippen LogP contribution in [0.2, 0.25) is 0 Å². The molecule has 2 heterocycles. The van der Waals surface area contributed by atoms with Gasteiger partial charge in [0.05, 0.1) is 19.4 Å². The second-order valence-electron chi connectivity index (χ2n) is 3.89. The number of nitro groups is 1. The summed E-state index contributed by atoms with van der Waals surface area (Å²) >= 11 is 0. The van der Waals surface area contributed by atoms with Crippen LogP contribution in [0.15, 0.2) is 9.78 Å². The Hall–Kier alpha value is -3.25. The van der Waals surface area contributed by atoms with E-state index < -0.39 is 46.1 Å². The zero-order valence-electron chi connectivity index (χ0n) is 11.1. The van der Waals surface area contributed by atoms with E-state index in [2.05, 4.69) is 24.4 Å². The van der Waals surface area contributed by atoms with Crippen molar-refractivity contribution in [3.05, 3.63) is 21.0 Å². The first-order chi connectivity index (χ1) is 10.4. The van der Waals surface area contributed by atoms with Gasteiger partial charge in [0, 0.05) is 0 Å². The summed E-state index contributed by atoms with van der Waals surface area (Å²) in [7, 11) is 2.05. The van der Waals surface area contributed by atoms with Gasteiger partial charge in [-0.2, -0.15) is 0 Å². The van der Waals surface area contributed by atoms with Gasteiger partial charge in [-0.1, -0.05) is 5.16 Å². The first kappa shape index (κ1) is 15.1. The van der Waals surface area contributed by atoms with Crippen molar-refractivity contribution < 1.29 is 38.4 Å². The molecule has 13 heteroatoms. The standard InChI is InChI=1S/C9H8N4O9/c1-19-8(14)3-4(10-21-6(3)9(15)20-2)5-7(12(16)17)11-22-13(5)18/h3,6H,1-2H3/t3-,6-/m1/s1. The molecule has 0 spiro atoms. The van der Waals surface area contributed by atoms with E-state index in [0.29, 0.717) is 0 Å². The summed E-state index contributed by atoms with van der Waals surface area (Å²) < 4.78 is 13.0. The van der Waals surface area contributed by atoms with Crippen LogP contribution in [-0.2, 0) is 23.9 Å². The van der Waals surface area contributed by atoms with Gasteiger partial charge in [0.15, 0.2) is 11.6 Å². The van der Waals surface area contributed by atoms with E-state index in [1.165, 1.54) is 0 Å². The van der Waals surface area contributed by atoms with Crippen LogP contribution in [0.5, 0.6) is 0 Å². The smallest absolute Gasteiger partial charge is 0.442 e. The Morgan fingerprint density at radius 1 is 1.32 bits per heavy atom. The first-order valence-electron chi connectivity index (χ1n) is 5.56. The van der Waals surface area contributed by atoms with Crippen molar-refractivity contribution in [3.8, 4) is 0 Å². The summed E-state index contributed by atoms with van der Waals surface area (Å²) in [6, 6.07) is 0. The maximum atomic E-state index is 11.8. The Bertz CT molecular complexity index is 666. The molecule has 1 aliphatic rings. The van der Waals surface area contributed by atoms with Crippen molar-refractivity contribution in [2.75, 3.05) is 14.2 Å². The lowest BCUT2D eigenvalue weighted by molar-refractivity contribution is -0.803. The number of hydrogen-bond acceptors (Lipinski definition) is 11. The summed E-state index contributed by atoms with van der Waals surface area (Å²) in [4.78, 5) is 37.6. The van der Waals surface area contributed by atoms with E-state index in [0.717, 1.165) is 14.2 Å². The van der Waals surface area contributed by atoms with Crippen LogP contribution in [0.3, 0.4) is 0 Å². The minimum Gasteiger partial charge on any atom is -0.468 e. The molecule has 118 valence electrons. The molecule has 0 aliphatic carbocycles. The van der Waals surface area contributed by atoms with Crippen LogP contribution in [-0.4, -0.2) is 48.1 Å². The van der Waals surface area contributed by atoms with Gasteiger partial charge in [-0.15, -0.1) is 0 Å². The van der Waals surface area contributed by atoms with Crippen molar-refractivity contribution in [2.45, 2.75) is 6.10 Å². The van der Waals surface area contributed by atoms with Crippen molar-refractivity contribution >= 4 is 23.5 Å². The Morgan fingerprint density at radius 2 is 1.95 bits per heavy atom. The Kier molecular flexibility index (Phi) is 3.87. The topological polar surface area (TPSA) is 170 Å². The second kappa shape index (κ2) is 5.63. The van der Waals surface area contributed by atoms with E-state index in [1.54, 1.807) is 0 Å². The van der Waals surface area contributed by atoms with Gasteiger partial charge in [-0.05, 0) is 9.83 Å². The van der Waals surface area contributed by atoms with E-state index in [4.69, 9.17) is 4.84 Å². The lowest BCUT2D eigenvalue weighted by Crippen LogP contribution is -2.42. The fourth-order valence-electron chi connectivity index (χ4n) is 1.79. The lowest BCUT2D eigenvalue weighted by Gasteiger charge is -2.13. The molecule has 0 saturated carbocycles. The van der Waals surface area contributed by atoms with Crippen LogP contribution in [0.4, 0.5) is 5.82 Å². The zero-order chi connectivity index (χ0) is 16.4. The second-order valence-corrected chi connectivity index (χ2v) is 3.89. The molecule has 0 saturated heterocycles. The normalized spacial score (nSPS) is 20.0. The zero-order valence-corrected chi connectivity index (χ0v) is 11.1. The third-order valence-electron chi connectivity index (χ3n) is 2.76. The largest absolute Gasteiger partial charge is 0.468 e. The van der Waals surface area contributed by atoms with Gasteiger partial charge < -0.3 is 29.6 Å². The average molecular weight is 316 g/mol. The molecule has 2 rings (SSSR count). The third-order valence-corrected chi connectivity index (χ3v) is 2.76. The fraction of sp³-hybridized carbons (Fsp3) is 0.444. The number of rotatable bonds is 4. The van der Waals surface area contributed by atoms with Gasteiger partial charge in [-0.3, -0.25) is 9.42 Å². The van der Waals surface area contributed by atoms with Gasteiger partial charge in [0.1, 0.15) is 0 Å². The molecule has 1 aliphatic heterocycles. The third kappa shape index (κ3) is 2.27. The van der Waals surface area contributed by atoms with Crippen molar-refractivity contribution in [3.63, 3.8) is 0 Å². The predicted octanol–water partition coefficient (Wildman–Crippen LogP) is -1.72. The van der Waals surface area contributed by atoms with Gasteiger partial charge in [-0.25, -0.2) is 4.79 Å². The molecule has 22 heavy (non-hydrogen) atoms. The number of methoxy groups -OCH3 is 2. The molecular formula is C9H8N4O9. The summed E-state index contributed by atoms with van der Waals surface area (Å²) in [6.07, 6.45) is -1.55. The number of carbonyl (C=O) groups is 2. The van der Waals surface area contributed by atoms with E-state index >= 15 is 0 Å². The van der Waals surface area contributed by atoms with Crippen LogP contribution < -0.4 is 4.90 Å². The molecule has 1 aromatic rings. The highest BCUT2D eigenvalue weighted by atomic mass is 16.8. The molecule has 0 unspecified atom stereocenters. The van der Waals surface area contributed by atoms with Gasteiger partial charge in [0.25, 0.3) is 5.69 Å². The number of aromatic nitrogens is 2. The minimum absolute atomic E-state index is 0.323. The first-order valence-corrected chi connectivity index (χ1v) is 5.56. The summed E-state index contributed by atoms with van der Waals surface area (Å²) in [5.41, 5.74) is -1.29.